The summed E-state index contributed by atoms with van der Waals surface area (Å²) in [6.45, 7) is 3.70. The molecule has 1 amide bonds. The number of carbonyl (C=O) groups is 1. The van der Waals surface area contributed by atoms with Gasteiger partial charge >= 0.3 is 0 Å². The van der Waals surface area contributed by atoms with E-state index in [-0.39, 0.29) is 5.91 Å². The first-order chi connectivity index (χ1) is 7.66. The van der Waals surface area contributed by atoms with Gasteiger partial charge in [-0.05, 0) is 32.0 Å². The van der Waals surface area contributed by atoms with Crippen LogP contribution in [-0.4, -0.2) is 10.9 Å². The number of carbonyl (C=O) groups excluding carboxylic acids is 1. The summed E-state index contributed by atoms with van der Waals surface area (Å²) in [5.74, 6) is 0.0996. The number of furan rings is 1. The van der Waals surface area contributed by atoms with Crippen LogP contribution in [0.1, 0.15) is 21.8 Å². The molecule has 4 nitrogen and oxygen atoms in total. The molecule has 0 aliphatic heterocycles. The van der Waals surface area contributed by atoms with Crippen molar-refractivity contribution in [3.63, 3.8) is 0 Å². The summed E-state index contributed by atoms with van der Waals surface area (Å²) in [7, 11) is 0. The second-order valence-electron chi connectivity index (χ2n) is 3.57. The number of hydrogen-bond donors (Lipinski definition) is 1. The molecule has 2 aromatic rings. The Bertz CT molecular complexity index is 517. The Labute approximate surface area is 93.3 Å². The molecule has 0 saturated heterocycles. The first kappa shape index (κ1) is 10.4. The number of anilines is 1. The highest BCUT2D eigenvalue weighted by Gasteiger charge is 2.12. The van der Waals surface area contributed by atoms with Gasteiger partial charge in [0.25, 0.3) is 5.91 Å². The maximum Gasteiger partial charge on any atom is 0.291 e. The summed E-state index contributed by atoms with van der Waals surface area (Å²) < 4.78 is 5.10. The van der Waals surface area contributed by atoms with E-state index in [2.05, 4.69) is 10.3 Å². The predicted octanol–water partition coefficient (Wildman–Crippen LogP) is 2.54. The zero-order chi connectivity index (χ0) is 11.5. The molecule has 0 aliphatic rings. The van der Waals surface area contributed by atoms with Crippen LogP contribution in [0.4, 0.5) is 5.69 Å². The Balaban J connectivity index is 2.17. The van der Waals surface area contributed by atoms with Crippen molar-refractivity contribution in [1.29, 1.82) is 0 Å². The number of nitrogens with one attached hydrogen (secondary N) is 1. The zero-order valence-corrected chi connectivity index (χ0v) is 9.15. The molecule has 0 saturated carbocycles. The molecule has 2 heterocycles. The minimum absolute atomic E-state index is 0.242. The van der Waals surface area contributed by atoms with Gasteiger partial charge in [-0.15, -0.1) is 0 Å². The van der Waals surface area contributed by atoms with Gasteiger partial charge in [-0.1, -0.05) is 0 Å². The molecule has 0 spiro atoms. The minimum atomic E-state index is -0.242. The molecule has 2 aromatic heterocycles. The van der Waals surface area contributed by atoms with Gasteiger partial charge in [-0.2, -0.15) is 0 Å². The smallest absolute Gasteiger partial charge is 0.291 e. The first-order valence-electron chi connectivity index (χ1n) is 4.95. The Hall–Kier alpha value is -2.10. The van der Waals surface area contributed by atoms with E-state index in [1.165, 1.54) is 6.26 Å². The third-order valence-electron chi connectivity index (χ3n) is 2.22. The van der Waals surface area contributed by atoms with Crippen LogP contribution >= 0.6 is 0 Å². The third kappa shape index (κ3) is 2.11. The minimum Gasteiger partial charge on any atom is -0.459 e. The fraction of sp³-hybridized carbons (Fsp3) is 0.167. The van der Waals surface area contributed by atoms with Gasteiger partial charge < -0.3 is 9.73 Å². The van der Waals surface area contributed by atoms with Gasteiger partial charge in [0.05, 0.1) is 6.26 Å². The maximum atomic E-state index is 11.8. The molecule has 0 fully saturated rings. The number of pyridine rings is 1. The van der Waals surface area contributed by atoms with Crippen LogP contribution in [0.15, 0.2) is 35.1 Å². The van der Waals surface area contributed by atoms with Crippen LogP contribution in [0.2, 0.25) is 0 Å². The molecule has 0 unspecified atom stereocenters. The lowest BCUT2D eigenvalue weighted by atomic mass is 10.2. The van der Waals surface area contributed by atoms with E-state index < -0.39 is 0 Å². The van der Waals surface area contributed by atoms with Gasteiger partial charge in [-0.3, -0.25) is 9.78 Å². The predicted molar refractivity (Wildman–Crippen MR) is 60.4 cm³/mol. The highest BCUT2D eigenvalue weighted by Crippen LogP contribution is 2.13. The van der Waals surface area contributed by atoms with E-state index in [4.69, 9.17) is 4.42 Å². The van der Waals surface area contributed by atoms with Gasteiger partial charge in [0, 0.05) is 23.1 Å². The second-order valence-corrected chi connectivity index (χ2v) is 3.57. The van der Waals surface area contributed by atoms with Crippen molar-refractivity contribution in [2.75, 3.05) is 5.32 Å². The molecule has 82 valence electrons. The summed E-state index contributed by atoms with van der Waals surface area (Å²) in [6, 6.07) is 5.30. The van der Waals surface area contributed by atoms with E-state index in [0.29, 0.717) is 11.4 Å². The summed E-state index contributed by atoms with van der Waals surface area (Å²) in [5, 5.41) is 2.75. The van der Waals surface area contributed by atoms with Gasteiger partial charge in [0.2, 0.25) is 0 Å². The van der Waals surface area contributed by atoms with Crippen molar-refractivity contribution < 1.29 is 9.21 Å². The Kier molecular flexibility index (Phi) is 2.72. The van der Waals surface area contributed by atoms with Crippen LogP contribution in [0.3, 0.4) is 0 Å². The molecule has 0 aliphatic carbocycles. The normalized spacial score (nSPS) is 10.1. The monoisotopic (exact) mass is 216 g/mol. The lowest BCUT2D eigenvalue weighted by molar-refractivity contribution is 0.0996. The maximum absolute atomic E-state index is 11.8. The quantitative estimate of drug-likeness (QED) is 0.839. The van der Waals surface area contributed by atoms with E-state index >= 15 is 0 Å². The van der Waals surface area contributed by atoms with Crippen LogP contribution in [-0.2, 0) is 0 Å². The van der Waals surface area contributed by atoms with Crippen molar-refractivity contribution in [2.24, 2.45) is 0 Å². The van der Waals surface area contributed by atoms with Crippen LogP contribution in [0, 0.1) is 13.8 Å². The van der Waals surface area contributed by atoms with E-state index in [9.17, 15) is 4.79 Å². The van der Waals surface area contributed by atoms with E-state index in [1.807, 2.05) is 13.8 Å². The number of aromatic nitrogens is 1. The lowest BCUT2D eigenvalue weighted by Gasteiger charge is -2.03. The molecule has 4 heteroatoms. The molecule has 0 aromatic carbocycles. The molecule has 16 heavy (non-hydrogen) atoms. The van der Waals surface area contributed by atoms with Crippen molar-refractivity contribution in [3.05, 3.63) is 47.7 Å². The Morgan fingerprint density at radius 2 is 2.19 bits per heavy atom. The van der Waals surface area contributed by atoms with Crippen molar-refractivity contribution in [2.45, 2.75) is 13.8 Å². The highest BCUT2D eigenvalue weighted by molar-refractivity contribution is 6.03. The molecule has 2 rings (SSSR count). The number of amides is 1. The fourth-order valence-electron chi connectivity index (χ4n) is 1.42. The summed E-state index contributed by atoms with van der Waals surface area (Å²) in [4.78, 5) is 15.8. The SMILES string of the molecule is Cc1cc(NC(=O)c2occc2C)ccn1. The molecular weight excluding hydrogens is 204 g/mol. The number of hydrogen-bond acceptors (Lipinski definition) is 3. The zero-order valence-electron chi connectivity index (χ0n) is 9.15. The molecule has 0 bridgehead atoms. The average molecular weight is 216 g/mol. The first-order valence-corrected chi connectivity index (χ1v) is 4.95. The number of nitrogens with zero attached hydrogens (tertiary/aromatic N) is 1. The van der Waals surface area contributed by atoms with Gasteiger partial charge in [0.15, 0.2) is 5.76 Å². The largest absolute Gasteiger partial charge is 0.459 e. The van der Waals surface area contributed by atoms with Crippen molar-refractivity contribution in [1.82, 2.24) is 4.98 Å². The van der Waals surface area contributed by atoms with E-state index in [1.54, 1.807) is 24.4 Å². The number of aryl methyl sites for hydroxylation is 2. The van der Waals surface area contributed by atoms with Crippen LogP contribution in [0.5, 0.6) is 0 Å². The summed E-state index contributed by atoms with van der Waals surface area (Å²) in [6.07, 6.45) is 3.15. The fourth-order valence-corrected chi connectivity index (χ4v) is 1.42. The highest BCUT2D eigenvalue weighted by atomic mass is 16.3. The van der Waals surface area contributed by atoms with Crippen molar-refractivity contribution in [3.8, 4) is 0 Å². The van der Waals surface area contributed by atoms with Crippen LogP contribution < -0.4 is 5.32 Å². The number of rotatable bonds is 2. The van der Waals surface area contributed by atoms with Crippen molar-refractivity contribution >= 4 is 11.6 Å². The topological polar surface area (TPSA) is 55.1 Å². The average Bonchev–Trinajstić information content (AvgIpc) is 2.64. The summed E-state index contributed by atoms with van der Waals surface area (Å²) in [5.41, 5.74) is 2.39. The summed E-state index contributed by atoms with van der Waals surface area (Å²) >= 11 is 0. The second kappa shape index (κ2) is 4.18. The molecule has 0 atom stereocenters. The molecule has 1 N–H and O–H groups in total. The Morgan fingerprint density at radius 1 is 1.38 bits per heavy atom. The molecule has 0 radical (unpaired) electrons. The third-order valence-corrected chi connectivity index (χ3v) is 2.22. The standard InChI is InChI=1S/C12H12N2O2/c1-8-4-6-16-11(8)12(15)14-10-3-5-13-9(2)7-10/h3-7H,1-2H3,(H,13,14,15). The van der Waals surface area contributed by atoms with Crippen LogP contribution in [0.25, 0.3) is 0 Å². The lowest BCUT2D eigenvalue weighted by Crippen LogP contribution is -2.12. The van der Waals surface area contributed by atoms with Gasteiger partial charge in [-0.25, -0.2) is 0 Å². The molecular formula is C12H12N2O2. The van der Waals surface area contributed by atoms with Gasteiger partial charge in [0.1, 0.15) is 0 Å². The Morgan fingerprint density at radius 3 is 2.81 bits per heavy atom. The van der Waals surface area contributed by atoms with E-state index in [0.717, 1.165) is 11.3 Å².